The Morgan fingerprint density at radius 2 is 1.37 bits per heavy atom. The van der Waals surface area contributed by atoms with Gasteiger partial charge in [0.2, 0.25) is 0 Å². The number of carbonyl (C=O) groups is 2. The van der Waals surface area contributed by atoms with Gasteiger partial charge in [0.1, 0.15) is 11.3 Å². The Bertz CT molecular complexity index is 1480. The fourth-order valence-electron chi connectivity index (χ4n) is 3.99. The molecule has 30 heavy (non-hydrogen) atoms. The zero-order chi connectivity index (χ0) is 20.2. The van der Waals surface area contributed by atoms with Crippen LogP contribution in [-0.2, 0) is 0 Å². The van der Waals surface area contributed by atoms with E-state index in [-0.39, 0.29) is 11.6 Å². The SMILES string of the molecule is O=C1c2ccccc2C(=O)c2c1ccc1[nH]c(-c3ccc(-c4ccccc4)o3)nc21. The van der Waals surface area contributed by atoms with Crippen molar-refractivity contribution in [1.82, 2.24) is 9.97 Å². The van der Waals surface area contributed by atoms with Gasteiger partial charge in [-0.1, -0.05) is 54.6 Å². The summed E-state index contributed by atoms with van der Waals surface area (Å²) in [5.74, 6) is 1.46. The Morgan fingerprint density at radius 3 is 2.17 bits per heavy atom. The molecule has 5 aromatic rings. The van der Waals surface area contributed by atoms with Crippen LogP contribution >= 0.6 is 0 Å². The van der Waals surface area contributed by atoms with Crippen LogP contribution in [0.5, 0.6) is 0 Å². The second-order valence-corrected chi connectivity index (χ2v) is 7.20. The fraction of sp³-hybridized carbons (Fsp3) is 0. The minimum absolute atomic E-state index is 0.156. The summed E-state index contributed by atoms with van der Waals surface area (Å²) in [6, 6.07) is 23.9. The number of benzene rings is 3. The fourth-order valence-corrected chi connectivity index (χ4v) is 3.99. The summed E-state index contributed by atoms with van der Waals surface area (Å²) in [5, 5.41) is 0. The molecule has 142 valence electrons. The molecule has 2 aromatic heterocycles. The van der Waals surface area contributed by atoms with Crippen molar-refractivity contribution in [2.45, 2.75) is 0 Å². The third kappa shape index (κ3) is 2.32. The van der Waals surface area contributed by atoms with Gasteiger partial charge in [-0.25, -0.2) is 4.98 Å². The molecule has 0 aliphatic heterocycles. The topological polar surface area (TPSA) is 76.0 Å². The van der Waals surface area contributed by atoms with E-state index in [0.29, 0.717) is 44.9 Å². The van der Waals surface area contributed by atoms with Gasteiger partial charge < -0.3 is 9.40 Å². The average molecular weight is 390 g/mol. The van der Waals surface area contributed by atoms with Gasteiger partial charge in [0.25, 0.3) is 0 Å². The minimum Gasteiger partial charge on any atom is -0.453 e. The van der Waals surface area contributed by atoms with E-state index < -0.39 is 0 Å². The van der Waals surface area contributed by atoms with Gasteiger partial charge in [0.15, 0.2) is 23.2 Å². The van der Waals surface area contributed by atoms with Crippen molar-refractivity contribution in [3.05, 3.63) is 101 Å². The average Bonchev–Trinajstić information content (AvgIpc) is 3.45. The number of hydrogen-bond donors (Lipinski definition) is 1. The first-order valence-corrected chi connectivity index (χ1v) is 9.57. The molecule has 0 unspecified atom stereocenters. The number of ketones is 2. The summed E-state index contributed by atoms with van der Waals surface area (Å²) in [6.07, 6.45) is 0. The number of hydrogen-bond acceptors (Lipinski definition) is 4. The lowest BCUT2D eigenvalue weighted by atomic mass is 9.83. The van der Waals surface area contributed by atoms with Gasteiger partial charge in [-0.15, -0.1) is 0 Å². The molecule has 0 bridgehead atoms. The van der Waals surface area contributed by atoms with E-state index in [1.165, 1.54) is 0 Å². The van der Waals surface area contributed by atoms with Crippen LogP contribution in [0.2, 0.25) is 0 Å². The Morgan fingerprint density at radius 1 is 0.667 bits per heavy atom. The molecule has 5 nitrogen and oxygen atoms in total. The first kappa shape index (κ1) is 16.7. The Labute approximate surface area is 171 Å². The van der Waals surface area contributed by atoms with E-state index in [2.05, 4.69) is 9.97 Å². The molecule has 0 saturated carbocycles. The van der Waals surface area contributed by atoms with Gasteiger partial charge in [-0.3, -0.25) is 9.59 Å². The highest BCUT2D eigenvalue weighted by atomic mass is 16.3. The van der Waals surface area contributed by atoms with Crippen molar-refractivity contribution < 1.29 is 14.0 Å². The number of furan rings is 1. The zero-order valence-corrected chi connectivity index (χ0v) is 15.7. The van der Waals surface area contributed by atoms with Crippen molar-refractivity contribution in [3.63, 3.8) is 0 Å². The lowest BCUT2D eigenvalue weighted by molar-refractivity contribution is 0.0980. The molecular formula is C25H14N2O3. The monoisotopic (exact) mass is 390 g/mol. The number of nitrogens with one attached hydrogen (secondary N) is 1. The van der Waals surface area contributed by atoms with E-state index >= 15 is 0 Å². The summed E-state index contributed by atoms with van der Waals surface area (Å²) >= 11 is 0. The summed E-state index contributed by atoms with van der Waals surface area (Å²) in [7, 11) is 0. The normalized spacial score (nSPS) is 12.8. The Hall–Kier alpha value is -4.25. The molecule has 0 atom stereocenters. The summed E-state index contributed by atoms with van der Waals surface area (Å²) < 4.78 is 5.99. The van der Waals surface area contributed by atoms with Gasteiger partial charge >= 0.3 is 0 Å². The van der Waals surface area contributed by atoms with E-state index in [1.807, 2.05) is 42.5 Å². The van der Waals surface area contributed by atoms with Crippen LogP contribution in [-0.4, -0.2) is 21.5 Å². The van der Waals surface area contributed by atoms with E-state index in [9.17, 15) is 9.59 Å². The quantitative estimate of drug-likeness (QED) is 0.437. The van der Waals surface area contributed by atoms with Gasteiger partial charge in [0.05, 0.1) is 11.1 Å². The van der Waals surface area contributed by atoms with Crippen LogP contribution in [0.1, 0.15) is 31.8 Å². The molecule has 1 N–H and O–H groups in total. The number of H-pyrrole nitrogens is 1. The van der Waals surface area contributed by atoms with Gasteiger partial charge in [0, 0.05) is 22.3 Å². The molecule has 0 radical (unpaired) electrons. The van der Waals surface area contributed by atoms with Crippen LogP contribution in [0.3, 0.4) is 0 Å². The predicted molar refractivity (Wildman–Crippen MR) is 113 cm³/mol. The van der Waals surface area contributed by atoms with Crippen LogP contribution < -0.4 is 0 Å². The van der Waals surface area contributed by atoms with Crippen LogP contribution in [0.25, 0.3) is 33.9 Å². The number of carbonyl (C=O) groups excluding carboxylic acids is 2. The van der Waals surface area contributed by atoms with Crippen LogP contribution in [0.15, 0.2) is 83.3 Å². The molecule has 0 fully saturated rings. The van der Waals surface area contributed by atoms with Crippen LogP contribution in [0.4, 0.5) is 0 Å². The molecule has 0 amide bonds. The van der Waals surface area contributed by atoms with Crippen LogP contribution in [0, 0.1) is 0 Å². The molecule has 0 saturated heterocycles. The maximum absolute atomic E-state index is 13.2. The highest BCUT2D eigenvalue weighted by Crippen LogP contribution is 2.34. The number of fused-ring (bicyclic) bond motifs is 4. The highest BCUT2D eigenvalue weighted by Gasteiger charge is 2.32. The maximum Gasteiger partial charge on any atom is 0.196 e. The van der Waals surface area contributed by atoms with Gasteiger partial charge in [-0.2, -0.15) is 0 Å². The lowest BCUT2D eigenvalue weighted by Crippen LogP contribution is -2.21. The summed E-state index contributed by atoms with van der Waals surface area (Å²) in [5.41, 5.74) is 3.70. The molecule has 1 aliphatic rings. The van der Waals surface area contributed by atoms with Gasteiger partial charge in [-0.05, 0) is 24.3 Å². The zero-order valence-electron chi connectivity index (χ0n) is 15.7. The van der Waals surface area contributed by atoms with Crippen molar-refractivity contribution in [2.75, 3.05) is 0 Å². The summed E-state index contributed by atoms with van der Waals surface area (Å²) in [4.78, 5) is 34.0. The number of aromatic amines is 1. The van der Waals surface area contributed by atoms with Crippen molar-refractivity contribution in [1.29, 1.82) is 0 Å². The second-order valence-electron chi connectivity index (χ2n) is 7.20. The standard InChI is InChI=1S/C25H14N2O3/c28-23-15-8-4-5-9-16(15)24(29)21-17(23)10-11-18-22(21)27-25(26-18)20-13-12-19(30-20)14-6-2-1-3-7-14/h1-13H,(H,26,27). The Balaban J connectivity index is 1.50. The number of imidazole rings is 1. The smallest absolute Gasteiger partial charge is 0.196 e. The molecule has 6 rings (SSSR count). The lowest BCUT2D eigenvalue weighted by Gasteiger charge is -2.17. The molecule has 1 aliphatic carbocycles. The largest absolute Gasteiger partial charge is 0.453 e. The third-order valence-electron chi connectivity index (χ3n) is 5.44. The first-order chi connectivity index (χ1) is 14.7. The van der Waals surface area contributed by atoms with E-state index in [1.54, 1.807) is 36.4 Å². The van der Waals surface area contributed by atoms with Crippen molar-refractivity contribution >= 4 is 22.6 Å². The Kier molecular flexibility index (Phi) is 3.40. The minimum atomic E-state index is -0.187. The highest BCUT2D eigenvalue weighted by molar-refractivity contribution is 6.31. The van der Waals surface area contributed by atoms with E-state index in [4.69, 9.17) is 4.42 Å². The summed E-state index contributed by atoms with van der Waals surface area (Å²) in [6.45, 7) is 0. The molecule has 3 aromatic carbocycles. The first-order valence-electron chi connectivity index (χ1n) is 9.57. The molecule has 5 heteroatoms. The number of aromatic nitrogens is 2. The number of rotatable bonds is 2. The predicted octanol–water partition coefficient (Wildman–Crippen LogP) is 5.27. The third-order valence-corrected chi connectivity index (χ3v) is 5.44. The molecule has 2 heterocycles. The molecule has 0 spiro atoms. The molecular weight excluding hydrogens is 376 g/mol. The van der Waals surface area contributed by atoms with E-state index in [0.717, 1.165) is 11.3 Å². The van der Waals surface area contributed by atoms with Crippen molar-refractivity contribution in [3.8, 4) is 22.9 Å². The second kappa shape index (κ2) is 6.12. The number of nitrogens with zero attached hydrogens (tertiary/aromatic N) is 1. The van der Waals surface area contributed by atoms with Crippen molar-refractivity contribution in [2.24, 2.45) is 0 Å². The maximum atomic E-state index is 13.2.